The van der Waals surface area contributed by atoms with Gasteiger partial charge in [-0.25, -0.2) is 0 Å². The summed E-state index contributed by atoms with van der Waals surface area (Å²) in [4.78, 5) is 0. The van der Waals surface area contributed by atoms with Crippen molar-refractivity contribution in [1.29, 1.82) is 0 Å². The monoisotopic (exact) mass is 320 g/mol. The summed E-state index contributed by atoms with van der Waals surface area (Å²) in [6, 6.07) is 0. The maximum absolute atomic E-state index is 11.0. The average Bonchev–Trinajstić information content (AvgIpc) is 2.72. The molecule has 0 amide bonds. The largest absolute Gasteiger partial charge is 0.393 e. The average molecular weight is 321 g/mol. The Labute approximate surface area is 142 Å². The van der Waals surface area contributed by atoms with E-state index in [0.717, 1.165) is 37.0 Å². The van der Waals surface area contributed by atoms with Crippen molar-refractivity contribution in [2.45, 2.75) is 90.8 Å². The zero-order valence-corrected chi connectivity index (χ0v) is 15.5. The summed E-state index contributed by atoms with van der Waals surface area (Å²) in [5, 5.41) is 21.2. The van der Waals surface area contributed by atoms with Gasteiger partial charge in [0.05, 0.1) is 11.7 Å². The van der Waals surface area contributed by atoms with E-state index in [0.29, 0.717) is 17.3 Å². The molecule has 0 aromatic carbocycles. The van der Waals surface area contributed by atoms with E-state index in [1.54, 1.807) is 0 Å². The molecule has 1 unspecified atom stereocenters. The van der Waals surface area contributed by atoms with Crippen molar-refractivity contribution < 1.29 is 10.2 Å². The normalized spacial score (nSPS) is 62.3. The summed E-state index contributed by atoms with van der Waals surface area (Å²) in [6.45, 7) is 9.49. The van der Waals surface area contributed by atoms with Gasteiger partial charge in [-0.15, -0.1) is 0 Å². The number of hydrogen-bond donors (Lipinski definition) is 2. The summed E-state index contributed by atoms with van der Waals surface area (Å²) in [6.07, 6.45) is 9.19. The van der Waals surface area contributed by atoms with E-state index in [4.69, 9.17) is 0 Å². The number of hydrogen-bond acceptors (Lipinski definition) is 2. The van der Waals surface area contributed by atoms with Crippen LogP contribution in [-0.4, -0.2) is 21.9 Å². The molecule has 2 heteroatoms. The van der Waals surface area contributed by atoms with Crippen molar-refractivity contribution in [3.8, 4) is 0 Å². The maximum atomic E-state index is 11.0. The minimum Gasteiger partial charge on any atom is -0.393 e. The number of aliphatic hydroxyl groups excluding tert-OH is 1. The van der Waals surface area contributed by atoms with E-state index < -0.39 is 5.60 Å². The summed E-state index contributed by atoms with van der Waals surface area (Å²) in [7, 11) is 0. The zero-order chi connectivity index (χ0) is 16.6. The Bertz CT molecular complexity index is 486. The summed E-state index contributed by atoms with van der Waals surface area (Å²) < 4.78 is 0. The molecule has 132 valence electrons. The molecule has 0 bridgehead atoms. The molecular formula is C21H36O2. The first-order valence-corrected chi connectivity index (χ1v) is 10.1. The summed E-state index contributed by atoms with van der Waals surface area (Å²) >= 11 is 0. The van der Waals surface area contributed by atoms with Crippen molar-refractivity contribution in [3.05, 3.63) is 0 Å². The predicted molar refractivity (Wildman–Crippen MR) is 92.9 cm³/mol. The second-order valence-electron chi connectivity index (χ2n) is 10.4. The van der Waals surface area contributed by atoms with Gasteiger partial charge in [0.15, 0.2) is 0 Å². The van der Waals surface area contributed by atoms with Crippen LogP contribution < -0.4 is 0 Å². The van der Waals surface area contributed by atoms with Gasteiger partial charge in [-0.3, -0.25) is 0 Å². The second-order valence-corrected chi connectivity index (χ2v) is 10.4. The molecule has 0 aromatic rings. The lowest BCUT2D eigenvalue weighted by Crippen LogP contribution is -2.58. The van der Waals surface area contributed by atoms with Crippen molar-refractivity contribution in [2.75, 3.05) is 0 Å². The van der Waals surface area contributed by atoms with Gasteiger partial charge >= 0.3 is 0 Å². The Morgan fingerprint density at radius 2 is 1.57 bits per heavy atom. The highest BCUT2D eigenvalue weighted by Gasteiger charge is 2.64. The first kappa shape index (κ1) is 16.4. The van der Waals surface area contributed by atoms with E-state index in [9.17, 15) is 10.2 Å². The van der Waals surface area contributed by atoms with Gasteiger partial charge in [-0.1, -0.05) is 20.8 Å². The Morgan fingerprint density at radius 3 is 2.30 bits per heavy atom. The van der Waals surface area contributed by atoms with Gasteiger partial charge in [-0.2, -0.15) is 0 Å². The number of aliphatic hydroxyl groups is 2. The predicted octanol–water partition coefficient (Wildman–Crippen LogP) is 4.39. The van der Waals surface area contributed by atoms with Crippen LogP contribution in [0.2, 0.25) is 0 Å². The van der Waals surface area contributed by atoms with Crippen LogP contribution in [0.25, 0.3) is 0 Å². The van der Waals surface area contributed by atoms with Crippen LogP contribution in [0.3, 0.4) is 0 Å². The van der Waals surface area contributed by atoms with Gasteiger partial charge in [-0.05, 0) is 98.7 Å². The van der Waals surface area contributed by atoms with E-state index in [1.807, 2.05) is 0 Å². The fourth-order valence-electron chi connectivity index (χ4n) is 7.86. The topological polar surface area (TPSA) is 40.5 Å². The van der Waals surface area contributed by atoms with E-state index in [-0.39, 0.29) is 11.5 Å². The summed E-state index contributed by atoms with van der Waals surface area (Å²) in [5.74, 6) is 3.78. The van der Waals surface area contributed by atoms with Gasteiger partial charge in [0.25, 0.3) is 0 Å². The molecule has 0 radical (unpaired) electrons. The summed E-state index contributed by atoms with van der Waals surface area (Å²) in [5.41, 5.74) is 0.0921. The van der Waals surface area contributed by atoms with Gasteiger partial charge in [0.2, 0.25) is 0 Å². The molecule has 4 saturated carbocycles. The number of rotatable bonds is 0. The quantitative estimate of drug-likeness (QED) is 0.695. The number of fused-ring (bicyclic) bond motifs is 5. The van der Waals surface area contributed by atoms with Crippen molar-refractivity contribution in [1.82, 2.24) is 0 Å². The Morgan fingerprint density at radius 1 is 0.870 bits per heavy atom. The molecule has 4 aliphatic carbocycles. The van der Waals surface area contributed by atoms with Crippen LogP contribution in [0.5, 0.6) is 0 Å². The zero-order valence-electron chi connectivity index (χ0n) is 15.5. The van der Waals surface area contributed by atoms with Crippen LogP contribution >= 0.6 is 0 Å². The molecule has 4 fully saturated rings. The molecular weight excluding hydrogens is 284 g/mol. The van der Waals surface area contributed by atoms with Crippen LogP contribution in [-0.2, 0) is 0 Å². The van der Waals surface area contributed by atoms with Crippen LogP contribution in [0, 0.1) is 40.4 Å². The molecule has 4 rings (SSSR count). The third-order valence-electron chi connectivity index (χ3n) is 9.56. The first-order valence-electron chi connectivity index (χ1n) is 10.1. The lowest BCUT2D eigenvalue weighted by atomic mass is 9.42. The third kappa shape index (κ3) is 2.06. The fourth-order valence-corrected chi connectivity index (χ4v) is 7.86. The molecule has 2 N–H and O–H groups in total. The lowest BCUT2D eigenvalue weighted by molar-refractivity contribution is -0.169. The SMILES string of the molecule is C[C@H]1CC2C[C@H](O)CC[C@]2(C)[C@H]2CC[C@@]3(C)[C@@H](CC[C@]3(C)O)[C@H]12. The lowest BCUT2D eigenvalue weighted by Gasteiger charge is -2.63. The smallest absolute Gasteiger partial charge is 0.0675 e. The molecule has 0 aliphatic heterocycles. The molecule has 9 atom stereocenters. The highest BCUT2D eigenvalue weighted by atomic mass is 16.3. The third-order valence-corrected chi connectivity index (χ3v) is 9.56. The minimum absolute atomic E-state index is 0.0575. The highest BCUT2D eigenvalue weighted by Crippen LogP contribution is 2.69. The molecule has 23 heavy (non-hydrogen) atoms. The van der Waals surface area contributed by atoms with Gasteiger partial charge < -0.3 is 10.2 Å². The molecule has 0 heterocycles. The molecule has 0 aromatic heterocycles. The second kappa shape index (κ2) is 4.97. The standard InChI is InChI=1S/C21H36O2/c1-13-11-14-12-15(22)5-8-19(14,2)16-6-9-20(3)17(18(13)16)7-10-21(20,4)23/h13-18,22-23H,5-12H2,1-4H3/t13-,14?,15+,16-,17-,18+,19-,20-,21-/m0/s1. The van der Waals surface area contributed by atoms with Crippen molar-refractivity contribution in [3.63, 3.8) is 0 Å². The van der Waals surface area contributed by atoms with E-state index >= 15 is 0 Å². The molecule has 0 saturated heterocycles. The highest BCUT2D eigenvalue weighted by molar-refractivity contribution is 5.13. The van der Waals surface area contributed by atoms with Crippen LogP contribution in [0.15, 0.2) is 0 Å². The van der Waals surface area contributed by atoms with Gasteiger partial charge in [0, 0.05) is 0 Å². The molecule has 0 spiro atoms. The first-order chi connectivity index (χ1) is 10.7. The van der Waals surface area contributed by atoms with Crippen molar-refractivity contribution in [2.24, 2.45) is 40.4 Å². The van der Waals surface area contributed by atoms with E-state index in [2.05, 4.69) is 27.7 Å². The minimum atomic E-state index is -0.469. The maximum Gasteiger partial charge on any atom is 0.0675 e. The Hall–Kier alpha value is -0.0800. The Balaban J connectivity index is 1.68. The van der Waals surface area contributed by atoms with Crippen molar-refractivity contribution >= 4 is 0 Å². The van der Waals surface area contributed by atoms with Crippen LogP contribution in [0.1, 0.15) is 79.1 Å². The van der Waals surface area contributed by atoms with Crippen LogP contribution in [0.4, 0.5) is 0 Å². The molecule has 4 aliphatic rings. The Kier molecular flexibility index (Phi) is 3.54. The van der Waals surface area contributed by atoms with E-state index in [1.165, 1.54) is 32.1 Å². The fraction of sp³-hybridized carbons (Fsp3) is 1.00. The molecule has 2 nitrogen and oxygen atoms in total. The van der Waals surface area contributed by atoms with Gasteiger partial charge in [0.1, 0.15) is 0 Å².